The summed E-state index contributed by atoms with van der Waals surface area (Å²) in [5.41, 5.74) is 0.790. The first-order valence-corrected chi connectivity index (χ1v) is 8.78. The average molecular weight is 376 g/mol. The first-order valence-electron chi connectivity index (χ1n) is 8.78. The normalized spacial score (nSPS) is 18.9. The molecule has 146 valence electrons. The standard InChI is InChI=1S/C19H24N2O6/c1-26-16(22)11-20-17(23)13-6-4-8-15(10-13)21-18(24)12-5-3-7-14(9-12)19(25)27-2/h4,6,8,10,12,14H,3,5,7,9,11H2,1-2H3,(H,20,23)(H,21,24)/t12-,14+/m0/s1. The van der Waals surface area contributed by atoms with E-state index in [2.05, 4.69) is 15.4 Å². The van der Waals surface area contributed by atoms with Crippen LogP contribution in [-0.2, 0) is 23.9 Å². The van der Waals surface area contributed by atoms with Crippen LogP contribution in [0, 0.1) is 11.8 Å². The summed E-state index contributed by atoms with van der Waals surface area (Å²) in [6, 6.07) is 6.43. The summed E-state index contributed by atoms with van der Waals surface area (Å²) in [7, 11) is 2.59. The van der Waals surface area contributed by atoms with Crippen molar-refractivity contribution in [2.75, 3.05) is 26.1 Å². The molecule has 1 fully saturated rings. The van der Waals surface area contributed by atoms with E-state index in [4.69, 9.17) is 4.74 Å². The molecule has 0 unspecified atom stereocenters. The van der Waals surface area contributed by atoms with Crippen LogP contribution in [0.5, 0.6) is 0 Å². The molecule has 2 amide bonds. The van der Waals surface area contributed by atoms with Gasteiger partial charge < -0.3 is 20.1 Å². The fraction of sp³-hybridized carbons (Fsp3) is 0.474. The van der Waals surface area contributed by atoms with Gasteiger partial charge in [0.05, 0.1) is 20.1 Å². The molecule has 0 saturated heterocycles. The maximum atomic E-state index is 12.5. The summed E-state index contributed by atoms with van der Waals surface area (Å²) in [6.07, 6.45) is 2.68. The lowest BCUT2D eigenvalue weighted by molar-refractivity contribution is -0.147. The fourth-order valence-corrected chi connectivity index (χ4v) is 3.12. The van der Waals surface area contributed by atoms with Gasteiger partial charge in [0.15, 0.2) is 0 Å². The van der Waals surface area contributed by atoms with Crippen LogP contribution in [0.15, 0.2) is 24.3 Å². The molecule has 0 aromatic heterocycles. The van der Waals surface area contributed by atoms with Crippen molar-refractivity contribution in [3.63, 3.8) is 0 Å². The molecule has 1 aromatic carbocycles. The van der Waals surface area contributed by atoms with E-state index in [-0.39, 0.29) is 30.3 Å². The highest BCUT2D eigenvalue weighted by molar-refractivity contribution is 5.98. The zero-order chi connectivity index (χ0) is 19.8. The molecule has 0 heterocycles. The number of benzene rings is 1. The number of carbonyl (C=O) groups is 4. The van der Waals surface area contributed by atoms with E-state index in [0.29, 0.717) is 24.1 Å². The van der Waals surface area contributed by atoms with Crippen molar-refractivity contribution in [2.45, 2.75) is 25.7 Å². The van der Waals surface area contributed by atoms with Crippen LogP contribution in [0.2, 0.25) is 0 Å². The molecule has 8 nitrogen and oxygen atoms in total. The highest BCUT2D eigenvalue weighted by Crippen LogP contribution is 2.30. The van der Waals surface area contributed by atoms with Gasteiger partial charge in [-0.3, -0.25) is 19.2 Å². The second-order valence-electron chi connectivity index (χ2n) is 6.41. The van der Waals surface area contributed by atoms with E-state index in [1.165, 1.54) is 20.3 Å². The smallest absolute Gasteiger partial charge is 0.325 e. The number of nitrogens with one attached hydrogen (secondary N) is 2. The second-order valence-corrected chi connectivity index (χ2v) is 6.41. The van der Waals surface area contributed by atoms with Crippen LogP contribution in [0.3, 0.4) is 0 Å². The molecule has 0 radical (unpaired) electrons. The number of esters is 2. The van der Waals surface area contributed by atoms with Gasteiger partial charge >= 0.3 is 11.9 Å². The van der Waals surface area contributed by atoms with Gasteiger partial charge in [0, 0.05) is 17.2 Å². The maximum Gasteiger partial charge on any atom is 0.325 e. The van der Waals surface area contributed by atoms with Crippen molar-refractivity contribution < 1.29 is 28.7 Å². The third kappa shape index (κ3) is 5.80. The Balaban J connectivity index is 1.96. The van der Waals surface area contributed by atoms with E-state index >= 15 is 0 Å². The van der Waals surface area contributed by atoms with Crippen LogP contribution in [0.4, 0.5) is 5.69 Å². The van der Waals surface area contributed by atoms with Crippen LogP contribution in [0.25, 0.3) is 0 Å². The van der Waals surface area contributed by atoms with Gasteiger partial charge in [-0.05, 0) is 37.5 Å². The highest BCUT2D eigenvalue weighted by Gasteiger charge is 2.31. The topological polar surface area (TPSA) is 111 Å². The minimum Gasteiger partial charge on any atom is -0.469 e. The van der Waals surface area contributed by atoms with Gasteiger partial charge in [0.1, 0.15) is 6.54 Å². The SMILES string of the molecule is COC(=O)CNC(=O)c1cccc(NC(=O)[C@H]2CCC[C@@H](C(=O)OC)C2)c1. The number of ether oxygens (including phenoxy) is 2. The number of methoxy groups -OCH3 is 2. The molecular formula is C19H24N2O6. The van der Waals surface area contributed by atoms with Crippen molar-refractivity contribution in [3.8, 4) is 0 Å². The van der Waals surface area contributed by atoms with Gasteiger partial charge in [-0.15, -0.1) is 0 Å². The molecule has 2 atom stereocenters. The van der Waals surface area contributed by atoms with Crippen LogP contribution in [0.1, 0.15) is 36.0 Å². The fourth-order valence-electron chi connectivity index (χ4n) is 3.12. The number of carbonyl (C=O) groups excluding carboxylic acids is 4. The Morgan fingerprint density at radius 1 is 1.07 bits per heavy atom. The Bertz CT molecular complexity index is 718. The van der Waals surface area contributed by atoms with Crippen molar-refractivity contribution in [1.29, 1.82) is 0 Å². The number of amides is 2. The largest absolute Gasteiger partial charge is 0.469 e. The van der Waals surface area contributed by atoms with Crippen molar-refractivity contribution in [1.82, 2.24) is 5.32 Å². The average Bonchev–Trinajstić information content (AvgIpc) is 2.71. The second kappa shape index (κ2) is 9.70. The van der Waals surface area contributed by atoms with Crippen LogP contribution < -0.4 is 10.6 Å². The molecule has 1 aliphatic carbocycles. The third-order valence-corrected chi connectivity index (χ3v) is 4.59. The van der Waals surface area contributed by atoms with Gasteiger partial charge in [-0.2, -0.15) is 0 Å². The Kier molecular flexibility index (Phi) is 7.34. The van der Waals surface area contributed by atoms with Gasteiger partial charge in [-0.25, -0.2) is 0 Å². The van der Waals surface area contributed by atoms with E-state index in [9.17, 15) is 19.2 Å². The summed E-state index contributed by atoms with van der Waals surface area (Å²) in [4.78, 5) is 47.4. The molecular weight excluding hydrogens is 352 g/mol. The molecule has 0 bridgehead atoms. The molecule has 0 aliphatic heterocycles. The first-order chi connectivity index (χ1) is 12.9. The first kappa shape index (κ1) is 20.4. The number of hydrogen-bond acceptors (Lipinski definition) is 6. The van der Waals surface area contributed by atoms with E-state index in [1.807, 2.05) is 0 Å². The number of hydrogen-bond donors (Lipinski definition) is 2. The summed E-state index contributed by atoms with van der Waals surface area (Å²) in [6.45, 7) is -0.233. The molecule has 2 rings (SSSR count). The summed E-state index contributed by atoms with van der Waals surface area (Å²) >= 11 is 0. The highest BCUT2D eigenvalue weighted by atomic mass is 16.5. The van der Waals surface area contributed by atoms with Crippen LogP contribution in [-0.4, -0.2) is 44.5 Å². The van der Waals surface area contributed by atoms with Crippen molar-refractivity contribution >= 4 is 29.4 Å². The zero-order valence-electron chi connectivity index (χ0n) is 15.4. The molecule has 27 heavy (non-hydrogen) atoms. The zero-order valence-corrected chi connectivity index (χ0v) is 15.4. The molecule has 1 aromatic rings. The molecule has 0 spiro atoms. The van der Waals surface area contributed by atoms with Gasteiger partial charge in [0.25, 0.3) is 5.91 Å². The predicted octanol–water partition coefficient (Wildman–Crippen LogP) is 1.51. The molecule has 1 saturated carbocycles. The number of anilines is 1. The monoisotopic (exact) mass is 376 g/mol. The molecule has 1 aliphatic rings. The maximum absolute atomic E-state index is 12.5. The summed E-state index contributed by atoms with van der Waals surface area (Å²) in [5, 5.41) is 5.24. The van der Waals surface area contributed by atoms with Crippen molar-refractivity contribution in [2.24, 2.45) is 11.8 Å². The van der Waals surface area contributed by atoms with Crippen LogP contribution >= 0.6 is 0 Å². The lowest BCUT2D eigenvalue weighted by Gasteiger charge is -2.26. The third-order valence-electron chi connectivity index (χ3n) is 4.59. The van der Waals surface area contributed by atoms with Crippen molar-refractivity contribution in [3.05, 3.63) is 29.8 Å². The lowest BCUT2D eigenvalue weighted by atomic mass is 9.81. The predicted molar refractivity (Wildman–Crippen MR) is 96.9 cm³/mol. The summed E-state index contributed by atoms with van der Waals surface area (Å²) in [5.74, 6) is -1.99. The van der Waals surface area contributed by atoms with E-state index in [0.717, 1.165) is 12.8 Å². The Morgan fingerprint density at radius 3 is 2.52 bits per heavy atom. The van der Waals surface area contributed by atoms with Gasteiger partial charge in [-0.1, -0.05) is 12.5 Å². The lowest BCUT2D eigenvalue weighted by Crippen LogP contribution is -2.32. The quantitative estimate of drug-likeness (QED) is 0.728. The van der Waals surface area contributed by atoms with E-state index in [1.54, 1.807) is 18.2 Å². The Labute approximate surface area is 157 Å². The Hall–Kier alpha value is -2.90. The number of rotatable bonds is 6. The summed E-state index contributed by atoms with van der Waals surface area (Å²) < 4.78 is 9.25. The molecule has 2 N–H and O–H groups in total. The molecule has 8 heteroatoms. The Morgan fingerprint density at radius 2 is 1.81 bits per heavy atom. The minimum atomic E-state index is -0.551. The minimum absolute atomic E-state index is 0.185. The van der Waals surface area contributed by atoms with Gasteiger partial charge in [0.2, 0.25) is 5.91 Å². The van der Waals surface area contributed by atoms with E-state index < -0.39 is 11.9 Å².